The van der Waals surface area contributed by atoms with Gasteiger partial charge in [-0.2, -0.15) is 0 Å². The minimum atomic E-state index is -0.351. The molecule has 4 nitrogen and oxygen atoms in total. The second kappa shape index (κ2) is 6.63. The molecule has 1 amide bonds. The summed E-state index contributed by atoms with van der Waals surface area (Å²) in [4.78, 5) is 14.0. The zero-order chi connectivity index (χ0) is 13.7. The summed E-state index contributed by atoms with van der Waals surface area (Å²) >= 11 is 0. The number of hydrogen-bond acceptors (Lipinski definition) is 3. The van der Waals surface area contributed by atoms with Crippen LogP contribution in [-0.2, 0) is 4.79 Å². The largest absolute Gasteiger partial charge is 0.329 e. The number of halogens is 1. The number of amides is 1. The molecule has 0 aliphatic carbocycles. The van der Waals surface area contributed by atoms with Gasteiger partial charge in [-0.3, -0.25) is 9.69 Å². The summed E-state index contributed by atoms with van der Waals surface area (Å²) in [5, 5.41) is 2.71. The van der Waals surface area contributed by atoms with Gasteiger partial charge in [-0.25, -0.2) is 4.39 Å². The van der Waals surface area contributed by atoms with Crippen LogP contribution < -0.4 is 11.1 Å². The molecule has 2 rings (SSSR count). The highest BCUT2D eigenvalue weighted by Gasteiger charge is 2.22. The molecule has 0 radical (unpaired) electrons. The zero-order valence-corrected chi connectivity index (χ0v) is 10.9. The molecule has 1 fully saturated rings. The topological polar surface area (TPSA) is 58.4 Å². The van der Waals surface area contributed by atoms with E-state index in [2.05, 4.69) is 10.2 Å². The normalized spacial score (nSPS) is 20.2. The van der Waals surface area contributed by atoms with Gasteiger partial charge in [-0.15, -0.1) is 0 Å². The van der Waals surface area contributed by atoms with Crippen LogP contribution in [0.5, 0.6) is 0 Å². The summed E-state index contributed by atoms with van der Waals surface area (Å²) in [5.41, 5.74) is 6.21. The van der Waals surface area contributed by atoms with Gasteiger partial charge in [0.2, 0.25) is 5.91 Å². The molecule has 0 bridgehead atoms. The third-order valence-corrected chi connectivity index (χ3v) is 3.48. The highest BCUT2D eigenvalue weighted by atomic mass is 19.1. The average molecular weight is 265 g/mol. The summed E-state index contributed by atoms with van der Waals surface area (Å²) in [5.74, 6) is -0.471. The van der Waals surface area contributed by atoms with Crippen molar-refractivity contribution in [2.45, 2.75) is 25.3 Å². The molecular formula is C14H20FN3O. The van der Waals surface area contributed by atoms with Crippen molar-refractivity contribution in [1.82, 2.24) is 4.90 Å². The number of rotatable bonds is 4. The minimum absolute atomic E-state index is 0.119. The van der Waals surface area contributed by atoms with Gasteiger partial charge in [0.05, 0.1) is 6.54 Å². The Kier molecular flexibility index (Phi) is 4.87. The maximum absolute atomic E-state index is 13.0. The van der Waals surface area contributed by atoms with Crippen LogP contribution in [0.4, 0.5) is 10.1 Å². The Morgan fingerprint density at radius 1 is 1.47 bits per heavy atom. The van der Waals surface area contributed by atoms with E-state index in [0.717, 1.165) is 19.4 Å². The van der Waals surface area contributed by atoms with E-state index in [1.807, 2.05) is 0 Å². The van der Waals surface area contributed by atoms with Gasteiger partial charge < -0.3 is 11.1 Å². The molecule has 0 aromatic heterocycles. The van der Waals surface area contributed by atoms with Crippen LogP contribution in [0, 0.1) is 5.82 Å². The SMILES string of the molecule is NCC1CCCCN1CC(=O)Nc1cccc(F)c1. The summed E-state index contributed by atoms with van der Waals surface area (Å²) in [6.45, 7) is 1.80. The second-order valence-electron chi connectivity index (χ2n) is 4.91. The Bertz CT molecular complexity index is 438. The molecular weight excluding hydrogens is 245 g/mol. The number of anilines is 1. The van der Waals surface area contributed by atoms with Crippen molar-refractivity contribution < 1.29 is 9.18 Å². The molecule has 1 atom stereocenters. The Hall–Kier alpha value is -1.46. The van der Waals surface area contributed by atoms with Gasteiger partial charge in [-0.1, -0.05) is 12.5 Å². The molecule has 0 saturated carbocycles. The fraction of sp³-hybridized carbons (Fsp3) is 0.500. The monoisotopic (exact) mass is 265 g/mol. The van der Waals surface area contributed by atoms with Crippen molar-refractivity contribution in [3.8, 4) is 0 Å². The lowest BCUT2D eigenvalue weighted by Crippen LogP contribution is -2.47. The van der Waals surface area contributed by atoms with Crippen molar-refractivity contribution >= 4 is 11.6 Å². The summed E-state index contributed by atoms with van der Waals surface area (Å²) in [6.07, 6.45) is 3.32. The highest BCUT2D eigenvalue weighted by Crippen LogP contribution is 2.16. The van der Waals surface area contributed by atoms with E-state index in [-0.39, 0.29) is 17.8 Å². The van der Waals surface area contributed by atoms with Gasteiger partial charge >= 0.3 is 0 Å². The molecule has 3 N–H and O–H groups in total. The molecule has 5 heteroatoms. The number of carbonyl (C=O) groups excluding carboxylic acids is 1. The molecule has 104 valence electrons. The van der Waals surface area contributed by atoms with Crippen LogP contribution in [0.25, 0.3) is 0 Å². The molecule has 0 spiro atoms. The zero-order valence-electron chi connectivity index (χ0n) is 10.9. The maximum atomic E-state index is 13.0. The standard InChI is InChI=1S/C14H20FN3O/c15-11-4-3-5-12(8-11)17-14(19)10-18-7-2-1-6-13(18)9-16/h3-5,8,13H,1-2,6-7,9-10,16H2,(H,17,19). The number of nitrogens with two attached hydrogens (primary N) is 1. The molecule has 1 aromatic carbocycles. The first-order valence-corrected chi connectivity index (χ1v) is 6.68. The van der Waals surface area contributed by atoms with Crippen LogP contribution in [-0.4, -0.2) is 36.5 Å². The van der Waals surface area contributed by atoms with E-state index >= 15 is 0 Å². The van der Waals surface area contributed by atoms with Gasteiger partial charge in [0.15, 0.2) is 0 Å². The van der Waals surface area contributed by atoms with E-state index in [4.69, 9.17) is 5.73 Å². The molecule has 19 heavy (non-hydrogen) atoms. The smallest absolute Gasteiger partial charge is 0.238 e. The quantitative estimate of drug-likeness (QED) is 0.869. The van der Waals surface area contributed by atoms with Gasteiger partial charge in [0.25, 0.3) is 0 Å². The summed E-state index contributed by atoms with van der Waals surface area (Å²) < 4.78 is 13.0. The van der Waals surface area contributed by atoms with Crippen molar-refractivity contribution in [3.05, 3.63) is 30.1 Å². The van der Waals surface area contributed by atoms with E-state index in [1.54, 1.807) is 12.1 Å². The minimum Gasteiger partial charge on any atom is -0.329 e. The Morgan fingerprint density at radius 2 is 2.32 bits per heavy atom. The van der Waals surface area contributed by atoms with Crippen LogP contribution in [0.15, 0.2) is 24.3 Å². The van der Waals surface area contributed by atoms with Gasteiger partial charge in [0.1, 0.15) is 5.82 Å². The lowest BCUT2D eigenvalue weighted by Gasteiger charge is -2.34. The van der Waals surface area contributed by atoms with Gasteiger partial charge in [-0.05, 0) is 37.6 Å². The number of likely N-dealkylation sites (tertiary alicyclic amines) is 1. The lowest BCUT2D eigenvalue weighted by molar-refractivity contribution is -0.118. The first-order chi connectivity index (χ1) is 9.19. The third-order valence-electron chi connectivity index (χ3n) is 3.48. The number of nitrogens with zero attached hydrogens (tertiary/aromatic N) is 1. The van der Waals surface area contributed by atoms with E-state index in [9.17, 15) is 9.18 Å². The second-order valence-corrected chi connectivity index (χ2v) is 4.91. The molecule has 1 saturated heterocycles. The summed E-state index contributed by atoms with van der Waals surface area (Å²) in [6, 6.07) is 6.21. The van der Waals surface area contributed by atoms with E-state index in [1.165, 1.54) is 18.6 Å². The molecule has 1 aromatic rings. The lowest BCUT2D eigenvalue weighted by atomic mass is 10.0. The number of piperidine rings is 1. The maximum Gasteiger partial charge on any atom is 0.238 e. The third kappa shape index (κ3) is 4.01. The fourth-order valence-electron chi connectivity index (χ4n) is 2.49. The Balaban J connectivity index is 1.90. The predicted octanol–water partition coefficient (Wildman–Crippen LogP) is 1.58. The molecule has 1 aliphatic heterocycles. The van der Waals surface area contributed by atoms with Crippen LogP contribution in [0.3, 0.4) is 0 Å². The number of nitrogens with one attached hydrogen (secondary N) is 1. The Labute approximate surface area is 112 Å². The molecule has 1 aliphatic rings. The highest BCUT2D eigenvalue weighted by molar-refractivity contribution is 5.92. The van der Waals surface area contributed by atoms with E-state index < -0.39 is 0 Å². The van der Waals surface area contributed by atoms with Crippen LogP contribution in [0.2, 0.25) is 0 Å². The van der Waals surface area contributed by atoms with Crippen molar-refractivity contribution in [2.75, 3.05) is 25.0 Å². The molecule has 1 unspecified atom stereocenters. The average Bonchev–Trinajstić information content (AvgIpc) is 2.39. The first-order valence-electron chi connectivity index (χ1n) is 6.68. The van der Waals surface area contributed by atoms with Crippen LogP contribution in [0.1, 0.15) is 19.3 Å². The Morgan fingerprint density at radius 3 is 3.05 bits per heavy atom. The predicted molar refractivity (Wildman–Crippen MR) is 73.3 cm³/mol. The fourth-order valence-corrected chi connectivity index (χ4v) is 2.49. The van der Waals surface area contributed by atoms with Crippen molar-refractivity contribution in [1.29, 1.82) is 0 Å². The number of benzene rings is 1. The summed E-state index contributed by atoms with van der Waals surface area (Å²) in [7, 11) is 0. The number of hydrogen-bond donors (Lipinski definition) is 2. The first kappa shape index (κ1) is 14.0. The van der Waals surface area contributed by atoms with Crippen LogP contribution >= 0.6 is 0 Å². The van der Waals surface area contributed by atoms with Crippen molar-refractivity contribution in [3.63, 3.8) is 0 Å². The molecule has 1 heterocycles. The number of carbonyl (C=O) groups is 1. The van der Waals surface area contributed by atoms with Gasteiger partial charge in [0, 0.05) is 18.3 Å². The van der Waals surface area contributed by atoms with E-state index in [0.29, 0.717) is 18.8 Å². The van der Waals surface area contributed by atoms with Crippen molar-refractivity contribution in [2.24, 2.45) is 5.73 Å².